The van der Waals surface area contributed by atoms with Gasteiger partial charge in [-0.05, 0) is 24.8 Å². The first-order valence-electron chi connectivity index (χ1n) is 9.09. The number of Topliss-reactive ketones (excluding diaryl/α,β-unsaturated/α-hetero) is 1. The molecule has 0 atom stereocenters. The topological polar surface area (TPSA) is 20.3 Å². The van der Waals surface area contributed by atoms with Gasteiger partial charge in [-0.2, -0.15) is 0 Å². The maximum Gasteiger partial charge on any atom is 0.135 e. The Morgan fingerprint density at radius 2 is 1.45 bits per heavy atom. The van der Waals surface area contributed by atoms with Gasteiger partial charge in [0.15, 0.2) is 0 Å². The van der Waals surface area contributed by atoms with Crippen molar-refractivity contribution >= 4 is 5.78 Å². The Kier molecular flexibility index (Phi) is 5.30. The average molecular weight is 299 g/mol. The summed E-state index contributed by atoms with van der Waals surface area (Å²) in [5.74, 6) is 0.456. The molecule has 0 bridgehead atoms. The lowest BCUT2D eigenvalue weighted by molar-refractivity contribution is -0.123. The molecule has 1 aliphatic carbocycles. The van der Waals surface area contributed by atoms with Crippen molar-refractivity contribution in [3.63, 3.8) is 0 Å². The Morgan fingerprint density at radius 3 is 2.09 bits per heavy atom. The van der Waals surface area contributed by atoms with Gasteiger partial charge in [-0.1, -0.05) is 62.4 Å². The molecule has 1 heterocycles. The first-order chi connectivity index (χ1) is 10.8. The number of likely N-dealkylation sites (tertiary alicyclic amines) is 1. The van der Waals surface area contributed by atoms with Crippen LogP contribution < -0.4 is 0 Å². The van der Waals surface area contributed by atoms with Crippen molar-refractivity contribution in [3.05, 3.63) is 35.9 Å². The van der Waals surface area contributed by atoms with Crippen LogP contribution in [0.1, 0.15) is 63.4 Å². The minimum atomic E-state index is 0.294. The summed E-state index contributed by atoms with van der Waals surface area (Å²) in [6.07, 6.45) is 12.1. The summed E-state index contributed by atoms with van der Waals surface area (Å²) in [6.45, 7) is 1.96. The van der Waals surface area contributed by atoms with Crippen molar-refractivity contribution in [1.29, 1.82) is 0 Å². The fourth-order valence-electron chi connectivity index (χ4n) is 4.37. The lowest BCUT2D eigenvalue weighted by Gasteiger charge is -2.47. The van der Waals surface area contributed by atoms with Gasteiger partial charge in [0.25, 0.3) is 0 Å². The summed E-state index contributed by atoms with van der Waals surface area (Å²) < 4.78 is 0. The van der Waals surface area contributed by atoms with E-state index < -0.39 is 0 Å². The zero-order valence-electron chi connectivity index (χ0n) is 13.7. The predicted molar refractivity (Wildman–Crippen MR) is 91.0 cm³/mol. The zero-order chi connectivity index (χ0) is 15.3. The van der Waals surface area contributed by atoms with Crippen LogP contribution in [0.15, 0.2) is 30.3 Å². The van der Waals surface area contributed by atoms with Crippen molar-refractivity contribution in [2.45, 2.75) is 69.7 Å². The first kappa shape index (κ1) is 15.7. The van der Waals surface area contributed by atoms with Crippen LogP contribution >= 0.6 is 0 Å². The average Bonchev–Trinajstić information content (AvgIpc) is 2.52. The van der Waals surface area contributed by atoms with Gasteiger partial charge in [0, 0.05) is 31.5 Å². The third-order valence-electron chi connectivity index (χ3n) is 5.65. The molecule has 0 radical (unpaired) electrons. The number of hydrogen-bond donors (Lipinski definition) is 0. The molecule has 120 valence electrons. The largest absolute Gasteiger partial charge is 0.300 e. The number of nitrogens with zero attached hydrogens (tertiary/aromatic N) is 1. The van der Waals surface area contributed by atoms with Crippen molar-refractivity contribution in [3.8, 4) is 0 Å². The van der Waals surface area contributed by atoms with Crippen LogP contribution in [-0.4, -0.2) is 29.3 Å². The molecule has 3 rings (SSSR count). The van der Waals surface area contributed by atoms with E-state index in [1.54, 1.807) is 0 Å². The monoisotopic (exact) mass is 299 g/mol. The summed E-state index contributed by atoms with van der Waals surface area (Å²) in [7, 11) is 0. The van der Waals surface area contributed by atoms with E-state index >= 15 is 0 Å². The summed E-state index contributed by atoms with van der Waals surface area (Å²) in [5.41, 5.74) is 1.75. The van der Waals surface area contributed by atoms with Crippen LogP contribution in [-0.2, 0) is 11.2 Å². The van der Waals surface area contributed by atoms with Crippen LogP contribution in [0.2, 0.25) is 0 Å². The normalized spacial score (nSPS) is 23.7. The van der Waals surface area contributed by atoms with Gasteiger partial charge in [-0.15, -0.1) is 0 Å². The third-order valence-corrected chi connectivity index (χ3v) is 5.65. The predicted octanol–water partition coefficient (Wildman–Crippen LogP) is 4.38. The maximum atomic E-state index is 11.7. The van der Waals surface area contributed by atoms with Gasteiger partial charge >= 0.3 is 0 Å². The molecule has 1 aromatic carbocycles. The van der Waals surface area contributed by atoms with Crippen molar-refractivity contribution < 1.29 is 4.79 Å². The molecule has 1 aromatic rings. The summed E-state index contributed by atoms with van der Waals surface area (Å²) in [6, 6.07) is 11.0. The number of carbonyl (C=O) groups is 1. The number of rotatable bonds is 3. The molecule has 22 heavy (non-hydrogen) atoms. The summed E-state index contributed by atoms with van der Waals surface area (Å²) in [4.78, 5) is 14.3. The zero-order valence-corrected chi connectivity index (χ0v) is 13.7. The SMILES string of the molecule is O=C1CCN(C2(Cc3ccccc3)CCCCCCC2)CC1. The van der Waals surface area contributed by atoms with Gasteiger partial charge in [-0.25, -0.2) is 0 Å². The molecular formula is C20H29NO. The van der Waals surface area contributed by atoms with Gasteiger partial charge in [0.05, 0.1) is 0 Å². The molecular weight excluding hydrogens is 270 g/mol. The second-order valence-corrected chi connectivity index (χ2v) is 7.18. The first-order valence-corrected chi connectivity index (χ1v) is 9.09. The highest BCUT2D eigenvalue weighted by molar-refractivity contribution is 5.79. The van der Waals surface area contributed by atoms with Crippen LogP contribution in [0.3, 0.4) is 0 Å². The highest BCUT2D eigenvalue weighted by atomic mass is 16.1. The molecule has 0 aromatic heterocycles. The fraction of sp³-hybridized carbons (Fsp3) is 0.650. The van der Waals surface area contributed by atoms with E-state index in [2.05, 4.69) is 35.2 Å². The Labute approximate surface area is 134 Å². The molecule has 0 amide bonds. The van der Waals surface area contributed by atoms with Gasteiger partial charge in [-0.3, -0.25) is 9.69 Å². The third kappa shape index (κ3) is 3.78. The molecule has 2 aliphatic rings. The van der Waals surface area contributed by atoms with E-state index in [1.807, 2.05) is 0 Å². The second kappa shape index (κ2) is 7.41. The molecule has 1 aliphatic heterocycles. The molecule has 1 saturated heterocycles. The quantitative estimate of drug-likeness (QED) is 0.825. The van der Waals surface area contributed by atoms with Gasteiger partial charge in [0.2, 0.25) is 0 Å². The minimum absolute atomic E-state index is 0.294. The highest BCUT2D eigenvalue weighted by Crippen LogP contribution is 2.36. The second-order valence-electron chi connectivity index (χ2n) is 7.18. The minimum Gasteiger partial charge on any atom is -0.300 e. The van der Waals surface area contributed by atoms with E-state index in [-0.39, 0.29) is 0 Å². The number of ketones is 1. The van der Waals surface area contributed by atoms with Crippen LogP contribution in [0.25, 0.3) is 0 Å². The van der Waals surface area contributed by atoms with Gasteiger partial charge < -0.3 is 0 Å². The van der Waals surface area contributed by atoms with Crippen LogP contribution in [0, 0.1) is 0 Å². The van der Waals surface area contributed by atoms with Crippen LogP contribution in [0.5, 0.6) is 0 Å². The molecule has 2 fully saturated rings. The molecule has 0 N–H and O–H groups in total. The van der Waals surface area contributed by atoms with E-state index in [0.717, 1.165) is 32.4 Å². The lowest BCUT2D eigenvalue weighted by Crippen LogP contribution is -2.53. The van der Waals surface area contributed by atoms with Gasteiger partial charge in [0.1, 0.15) is 5.78 Å². The maximum absolute atomic E-state index is 11.7. The van der Waals surface area contributed by atoms with E-state index in [0.29, 0.717) is 11.3 Å². The molecule has 1 saturated carbocycles. The highest BCUT2D eigenvalue weighted by Gasteiger charge is 2.38. The van der Waals surface area contributed by atoms with Crippen molar-refractivity contribution in [1.82, 2.24) is 4.90 Å². The van der Waals surface area contributed by atoms with Crippen molar-refractivity contribution in [2.24, 2.45) is 0 Å². The number of benzene rings is 1. The van der Waals surface area contributed by atoms with Crippen LogP contribution in [0.4, 0.5) is 0 Å². The standard InChI is InChI=1S/C20H29NO/c22-19-11-15-21(16-12-19)20(13-7-2-1-3-8-14-20)17-18-9-5-4-6-10-18/h4-6,9-10H,1-3,7-8,11-17H2. The summed E-state index contributed by atoms with van der Waals surface area (Å²) >= 11 is 0. The lowest BCUT2D eigenvalue weighted by atomic mass is 9.77. The molecule has 0 spiro atoms. The van der Waals surface area contributed by atoms with E-state index in [9.17, 15) is 4.79 Å². The number of piperidine rings is 1. The Bertz CT molecular complexity index is 464. The number of hydrogen-bond acceptors (Lipinski definition) is 2. The van der Waals surface area contributed by atoms with E-state index in [4.69, 9.17) is 0 Å². The van der Waals surface area contributed by atoms with E-state index in [1.165, 1.54) is 50.5 Å². The molecule has 0 unspecified atom stereocenters. The fourth-order valence-corrected chi connectivity index (χ4v) is 4.37. The smallest absolute Gasteiger partial charge is 0.135 e. The Balaban J connectivity index is 1.81. The number of carbonyl (C=O) groups excluding carboxylic acids is 1. The summed E-state index contributed by atoms with van der Waals surface area (Å²) in [5, 5.41) is 0. The Morgan fingerprint density at radius 1 is 0.864 bits per heavy atom. The molecule has 2 nitrogen and oxygen atoms in total. The Hall–Kier alpha value is -1.15. The van der Waals surface area contributed by atoms with Crippen molar-refractivity contribution in [2.75, 3.05) is 13.1 Å². The molecule has 2 heteroatoms.